The molecule has 6 heteroatoms. The molecule has 6 nitrogen and oxygen atoms in total. The number of rotatable bonds is 6. The molecule has 0 aromatic heterocycles. The fraction of sp³-hybridized carbons (Fsp3) is 0.529. The summed E-state index contributed by atoms with van der Waals surface area (Å²) in [5.74, 6) is -0.758. The van der Waals surface area contributed by atoms with Crippen LogP contribution < -0.4 is 10.6 Å². The minimum absolute atomic E-state index is 0.433. The molecule has 0 unspecified atom stereocenters. The number of methoxy groups -OCH3 is 1. The number of carbonyl (C=O) groups is 2. The maximum atomic E-state index is 11.8. The van der Waals surface area contributed by atoms with Crippen LogP contribution in [0.2, 0.25) is 0 Å². The summed E-state index contributed by atoms with van der Waals surface area (Å²) in [6.07, 6.45) is 2.06. The number of hydrogen-bond acceptors (Lipinski definition) is 4. The van der Waals surface area contributed by atoms with E-state index in [2.05, 4.69) is 15.5 Å². The van der Waals surface area contributed by atoms with Crippen LogP contribution in [0.15, 0.2) is 30.3 Å². The lowest BCUT2D eigenvalue weighted by Crippen LogP contribution is -2.42. The molecule has 1 aliphatic heterocycles. The van der Waals surface area contributed by atoms with Gasteiger partial charge in [-0.05, 0) is 44.0 Å². The molecule has 1 aromatic carbocycles. The first kappa shape index (κ1) is 17.4. The van der Waals surface area contributed by atoms with Gasteiger partial charge in [0, 0.05) is 25.9 Å². The molecule has 0 saturated carbocycles. The third kappa shape index (κ3) is 6.00. The Balaban J connectivity index is 1.66. The Labute approximate surface area is 137 Å². The lowest BCUT2D eigenvalue weighted by molar-refractivity contribution is -0.136. The zero-order valence-electron chi connectivity index (χ0n) is 13.6. The van der Waals surface area contributed by atoms with Crippen molar-refractivity contribution in [3.05, 3.63) is 30.3 Å². The van der Waals surface area contributed by atoms with E-state index in [1.165, 1.54) is 0 Å². The van der Waals surface area contributed by atoms with E-state index in [9.17, 15) is 9.59 Å². The molecule has 1 aromatic rings. The summed E-state index contributed by atoms with van der Waals surface area (Å²) in [6.45, 7) is 4.29. The highest BCUT2D eigenvalue weighted by Gasteiger charge is 2.21. The van der Waals surface area contributed by atoms with E-state index < -0.39 is 11.8 Å². The van der Waals surface area contributed by atoms with Crippen LogP contribution in [-0.2, 0) is 14.3 Å². The third-order valence-electron chi connectivity index (χ3n) is 4.11. The molecule has 0 aliphatic carbocycles. The van der Waals surface area contributed by atoms with Crippen LogP contribution >= 0.6 is 0 Å². The van der Waals surface area contributed by atoms with Gasteiger partial charge >= 0.3 is 11.8 Å². The van der Waals surface area contributed by atoms with E-state index in [0.717, 1.165) is 39.1 Å². The first-order valence-corrected chi connectivity index (χ1v) is 8.04. The quantitative estimate of drug-likeness (QED) is 0.770. The lowest BCUT2D eigenvalue weighted by atomic mass is 9.97. The summed E-state index contributed by atoms with van der Waals surface area (Å²) in [6, 6.07) is 8.98. The Morgan fingerprint density at radius 1 is 1.17 bits per heavy atom. The van der Waals surface area contributed by atoms with Gasteiger partial charge in [0.15, 0.2) is 0 Å². The molecule has 1 heterocycles. The predicted octanol–water partition coefficient (Wildman–Crippen LogP) is 1.10. The first-order valence-electron chi connectivity index (χ1n) is 8.04. The van der Waals surface area contributed by atoms with Crippen LogP contribution in [0.3, 0.4) is 0 Å². The molecule has 126 valence electrons. The molecule has 1 fully saturated rings. The van der Waals surface area contributed by atoms with Crippen molar-refractivity contribution in [3.63, 3.8) is 0 Å². The molecule has 23 heavy (non-hydrogen) atoms. The van der Waals surface area contributed by atoms with Crippen molar-refractivity contribution >= 4 is 17.5 Å². The lowest BCUT2D eigenvalue weighted by Gasteiger charge is -2.31. The minimum atomic E-state index is -0.617. The van der Waals surface area contributed by atoms with Crippen molar-refractivity contribution in [2.75, 3.05) is 45.2 Å². The molecular formula is C17H25N3O3. The van der Waals surface area contributed by atoms with Gasteiger partial charge in [0.1, 0.15) is 0 Å². The number of amides is 2. The fourth-order valence-corrected chi connectivity index (χ4v) is 2.66. The van der Waals surface area contributed by atoms with Crippen molar-refractivity contribution < 1.29 is 14.3 Å². The van der Waals surface area contributed by atoms with Gasteiger partial charge in [-0.25, -0.2) is 0 Å². The van der Waals surface area contributed by atoms with E-state index in [0.29, 0.717) is 18.2 Å². The minimum Gasteiger partial charge on any atom is -0.383 e. The molecule has 0 bridgehead atoms. The SMILES string of the molecule is COCCN1CCC(CNC(=O)C(=O)Nc2ccccc2)CC1. The van der Waals surface area contributed by atoms with Crippen molar-refractivity contribution in [2.24, 2.45) is 5.92 Å². The first-order chi connectivity index (χ1) is 11.2. The number of nitrogens with one attached hydrogen (secondary N) is 2. The average molecular weight is 319 g/mol. The van der Waals surface area contributed by atoms with Crippen LogP contribution in [0.25, 0.3) is 0 Å². The number of benzene rings is 1. The normalized spacial score (nSPS) is 16.0. The van der Waals surface area contributed by atoms with Crippen LogP contribution in [0.4, 0.5) is 5.69 Å². The van der Waals surface area contributed by atoms with Gasteiger partial charge in [-0.15, -0.1) is 0 Å². The van der Waals surface area contributed by atoms with Crippen molar-refractivity contribution in [1.29, 1.82) is 0 Å². The summed E-state index contributed by atoms with van der Waals surface area (Å²) >= 11 is 0. The second-order valence-corrected chi connectivity index (χ2v) is 5.81. The van der Waals surface area contributed by atoms with Gasteiger partial charge in [0.25, 0.3) is 0 Å². The van der Waals surface area contributed by atoms with Gasteiger partial charge in [-0.1, -0.05) is 18.2 Å². The van der Waals surface area contributed by atoms with Gasteiger partial charge in [-0.3, -0.25) is 9.59 Å². The second kappa shape index (κ2) is 9.27. The van der Waals surface area contributed by atoms with Gasteiger partial charge in [-0.2, -0.15) is 0 Å². The van der Waals surface area contributed by atoms with Gasteiger partial charge < -0.3 is 20.3 Å². The maximum Gasteiger partial charge on any atom is 0.313 e. The van der Waals surface area contributed by atoms with E-state index in [4.69, 9.17) is 4.74 Å². The standard InChI is InChI=1S/C17H25N3O3/c1-23-12-11-20-9-7-14(8-10-20)13-18-16(21)17(22)19-15-5-3-2-4-6-15/h2-6,14H,7-13H2,1H3,(H,18,21)(H,19,22). The Morgan fingerprint density at radius 3 is 2.52 bits per heavy atom. The topological polar surface area (TPSA) is 70.7 Å². The number of carbonyl (C=O) groups excluding carboxylic acids is 2. The highest BCUT2D eigenvalue weighted by molar-refractivity contribution is 6.39. The van der Waals surface area contributed by atoms with Crippen molar-refractivity contribution in [3.8, 4) is 0 Å². The number of anilines is 1. The zero-order chi connectivity index (χ0) is 16.5. The third-order valence-corrected chi connectivity index (χ3v) is 4.11. The smallest absolute Gasteiger partial charge is 0.313 e. The van der Waals surface area contributed by atoms with E-state index in [1.54, 1.807) is 19.2 Å². The largest absolute Gasteiger partial charge is 0.383 e. The summed E-state index contributed by atoms with van der Waals surface area (Å²) in [5.41, 5.74) is 0.624. The number of hydrogen-bond donors (Lipinski definition) is 2. The molecule has 1 aliphatic rings. The van der Waals surface area contributed by atoms with Crippen LogP contribution in [0.5, 0.6) is 0 Å². The van der Waals surface area contributed by atoms with Crippen molar-refractivity contribution in [2.45, 2.75) is 12.8 Å². The van der Waals surface area contributed by atoms with E-state index in [1.807, 2.05) is 18.2 Å². The van der Waals surface area contributed by atoms with Crippen molar-refractivity contribution in [1.82, 2.24) is 10.2 Å². The molecular weight excluding hydrogens is 294 g/mol. The predicted molar refractivity (Wildman–Crippen MR) is 89.1 cm³/mol. The Morgan fingerprint density at radius 2 is 1.87 bits per heavy atom. The summed E-state index contributed by atoms with van der Waals surface area (Å²) < 4.78 is 5.08. The fourth-order valence-electron chi connectivity index (χ4n) is 2.66. The molecule has 2 amide bonds. The Kier molecular flexibility index (Phi) is 7.03. The summed E-state index contributed by atoms with van der Waals surface area (Å²) in [4.78, 5) is 26.0. The molecule has 0 spiro atoms. The second-order valence-electron chi connectivity index (χ2n) is 5.81. The van der Waals surface area contributed by atoms with E-state index >= 15 is 0 Å². The number of para-hydroxylation sites is 1. The Hall–Kier alpha value is -1.92. The molecule has 2 N–H and O–H groups in total. The highest BCUT2D eigenvalue weighted by Crippen LogP contribution is 2.16. The van der Waals surface area contributed by atoms with E-state index in [-0.39, 0.29) is 0 Å². The number of likely N-dealkylation sites (tertiary alicyclic amines) is 1. The molecule has 0 atom stereocenters. The summed E-state index contributed by atoms with van der Waals surface area (Å²) in [7, 11) is 1.71. The average Bonchev–Trinajstić information content (AvgIpc) is 2.59. The number of piperidine rings is 1. The number of nitrogens with zero attached hydrogens (tertiary/aromatic N) is 1. The van der Waals surface area contributed by atoms with Gasteiger partial charge in [0.05, 0.1) is 6.61 Å². The Bertz CT molecular complexity index is 499. The molecule has 2 rings (SSSR count). The monoisotopic (exact) mass is 319 g/mol. The van der Waals surface area contributed by atoms with Gasteiger partial charge in [0.2, 0.25) is 0 Å². The number of ether oxygens (including phenoxy) is 1. The highest BCUT2D eigenvalue weighted by atomic mass is 16.5. The molecule has 1 saturated heterocycles. The molecule has 0 radical (unpaired) electrons. The van der Waals surface area contributed by atoms with Crippen LogP contribution in [0.1, 0.15) is 12.8 Å². The summed E-state index contributed by atoms with van der Waals surface area (Å²) in [5, 5.41) is 5.32. The maximum absolute atomic E-state index is 11.8. The van der Waals surface area contributed by atoms with Crippen LogP contribution in [-0.4, -0.2) is 56.6 Å². The zero-order valence-corrected chi connectivity index (χ0v) is 13.6. The van der Waals surface area contributed by atoms with Crippen LogP contribution in [0, 0.1) is 5.92 Å².